The molecule has 12 heteroatoms. The molecule has 1 fully saturated rings. The number of amides is 1. The number of sulfonamides is 1. The SMILES string of the molecule is CCS(=O)(=O)N1C[C@H]2C[C@@H](C1)[C@H](CNC(=O)Cn1cccn1)n1c2cccc1=O.O=CO. The van der Waals surface area contributed by atoms with Crippen LogP contribution >= 0.6 is 0 Å². The van der Waals surface area contributed by atoms with E-state index in [9.17, 15) is 18.0 Å². The Bertz CT molecular complexity index is 1100. The van der Waals surface area contributed by atoms with Crippen LogP contribution in [0.5, 0.6) is 0 Å². The molecule has 4 rings (SSSR count). The normalized spacial score (nSPS) is 22.2. The zero-order valence-corrected chi connectivity index (χ0v) is 18.5. The molecule has 3 atom stereocenters. The van der Waals surface area contributed by atoms with Crippen molar-refractivity contribution in [1.29, 1.82) is 0 Å². The fourth-order valence-electron chi connectivity index (χ4n) is 4.49. The van der Waals surface area contributed by atoms with Crippen LogP contribution in [0.15, 0.2) is 41.5 Å². The Labute approximate surface area is 185 Å². The van der Waals surface area contributed by atoms with Crippen molar-refractivity contribution in [2.45, 2.75) is 31.8 Å². The first-order valence-electron chi connectivity index (χ1n) is 10.3. The average Bonchev–Trinajstić information content (AvgIpc) is 3.27. The second-order valence-electron chi connectivity index (χ2n) is 7.75. The molecule has 0 unspecified atom stereocenters. The van der Waals surface area contributed by atoms with E-state index in [0.29, 0.717) is 13.1 Å². The van der Waals surface area contributed by atoms with E-state index >= 15 is 0 Å². The first-order valence-corrected chi connectivity index (χ1v) is 11.9. The Morgan fingerprint density at radius 2 is 2.06 bits per heavy atom. The number of hydrogen-bond donors (Lipinski definition) is 2. The number of hydrogen-bond acceptors (Lipinski definition) is 6. The maximum atomic E-state index is 12.6. The lowest BCUT2D eigenvalue weighted by molar-refractivity contribution is -0.123. The van der Waals surface area contributed by atoms with Crippen molar-refractivity contribution in [1.82, 2.24) is 24.0 Å². The third-order valence-corrected chi connectivity index (χ3v) is 7.71. The van der Waals surface area contributed by atoms with E-state index in [1.165, 1.54) is 10.7 Å². The molecule has 2 aromatic heterocycles. The van der Waals surface area contributed by atoms with Crippen LogP contribution in [-0.2, 0) is 26.2 Å². The summed E-state index contributed by atoms with van der Waals surface area (Å²) >= 11 is 0. The van der Waals surface area contributed by atoms with Gasteiger partial charge in [0.25, 0.3) is 12.0 Å². The molecule has 32 heavy (non-hydrogen) atoms. The van der Waals surface area contributed by atoms with Crippen LogP contribution in [0.25, 0.3) is 0 Å². The summed E-state index contributed by atoms with van der Waals surface area (Å²) in [7, 11) is -3.32. The topological polar surface area (TPSA) is 144 Å². The third-order valence-electron chi connectivity index (χ3n) is 5.90. The molecule has 2 aliphatic heterocycles. The van der Waals surface area contributed by atoms with Crippen LogP contribution in [0.3, 0.4) is 0 Å². The Balaban J connectivity index is 0.000000913. The number of pyridine rings is 1. The second-order valence-corrected chi connectivity index (χ2v) is 10.0. The summed E-state index contributed by atoms with van der Waals surface area (Å²) in [6.45, 7) is 2.53. The number of nitrogens with one attached hydrogen (secondary N) is 1. The average molecular weight is 466 g/mol. The van der Waals surface area contributed by atoms with E-state index in [0.717, 1.165) is 12.1 Å². The molecular formula is C20H27N5O6S. The monoisotopic (exact) mass is 465 g/mol. The Kier molecular flexibility index (Phi) is 7.46. The van der Waals surface area contributed by atoms with Gasteiger partial charge in [0, 0.05) is 49.7 Å². The highest BCUT2D eigenvalue weighted by atomic mass is 32.2. The number of carboxylic acid groups (broad SMARTS) is 1. The van der Waals surface area contributed by atoms with Gasteiger partial charge in [0.05, 0.1) is 11.8 Å². The van der Waals surface area contributed by atoms with Crippen LogP contribution in [0.2, 0.25) is 0 Å². The lowest BCUT2D eigenvalue weighted by Crippen LogP contribution is -2.53. The zero-order valence-electron chi connectivity index (χ0n) is 17.7. The van der Waals surface area contributed by atoms with Crippen LogP contribution in [0, 0.1) is 5.92 Å². The molecule has 0 saturated carbocycles. The van der Waals surface area contributed by atoms with Gasteiger partial charge in [0.15, 0.2) is 0 Å². The molecule has 1 amide bonds. The van der Waals surface area contributed by atoms with E-state index in [1.54, 1.807) is 40.3 Å². The van der Waals surface area contributed by atoms with Crippen molar-refractivity contribution in [3.8, 4) is 0 Å². The molecule has 11 nitrogen and oxygen atoms in total. The van der Waals surface area contributed by atoms with E-state index in [4.69, 9.17) is 9.90 Å². The number of fused-ring (bicyclic) bond motifs is 4. The second kappa shape index (κ2) is 10.1. The fourth-order valence-corrected chi connectivity index (χ4v) is 5.68. The number of rotatable bonds is 6. The van der Waals surface area contributed by atoms with Gasteiger partial charge in [-0.3, -0.25) is 19.1 Å². The van der Waals surface area contributed by atoms with Gasteiger partial charge in [0.2, 0.25) is 15.9 Å². The van der Waals surface area contributed by atoms with Crippen molar-refractivity contribution in [3.63, 3.8) is 0 Å². The van der Waals surface area contributed by atoms with Gasteiger partial charge >= 0.3 is 0 Å². The van der Waals surface area contributed by atoms with E-state index in [1.807, 2.05) is 6.07 Å². The lowest BCUT2D eigenvalue weighted by atomic mass is 9.79. The molecule has 2 aliphatic rings. The van der Waals surface area contributed by atoms with Crippen molar-refractivity contribution in [2.24, 2.45) is 5.92 Å². The van der Waals surface area contributed by atoms with Gasteiger partial charge in [-0.15, -0.1) is 0 Å². The number of nitrogens with zero attached hydrogens (tertiary/aromatic N) is 4. The standard InChI is InChI=1S/C19H25N5O4S.CH2O2/c1-2-29(27,28)23-11-14-9-15(12-23)17(24-16(14)5-3-6-19(24)26)10-20-18(25)13-22-8-4-7-21-22;2-1-3/h3-8,14-15,17H,2,9-13H2,1H3,(H,20,25);1H,(H,2,3)/t14-,15+,17+;/m1./s1. The summed E-state index contributed by atoms with van der Waals surface area (Å²) in [6, 6.07) is 6.59. The first kappa shape index (κ1) is 23.7. The van der Waals surface area contributed by atoms with E-state index in [-0.39, 0.29) is 54.7 Å². The summed E-state index contributed by atoms with van der Waals surface area (Å²) < 4.78 is 29.8. The highest BCUT2D eigenvalue weighted by Gasteiger charge is 2.43. The molecule has 2 N–H and O–H groups in total. The van der Waals surface area contributed by atoms with Crippen molar-refractivity contribution >= 4 is 22.4 Å². The fraction of sp³-hybridized carbons (Fsp3) is 0.500. The smallest absolute Gasteiger partial charge is 0.290 e. The Morgan fingerprint density at radius 1 is 1.31 bits per heavy atom. The van der Waals surface area contributed by atoms with Crippen LogP contribution < -0.4 is 10.9 Å². The zero-order chi connectivity index (χ0) is 23.3. The van der Waals surface area contributed by atoms with Crippen molar-refractivity contribution in [2.75, 3.05) is 25.4 Å². The van der Waals surface area contributed by atoms with Crippen LogP contribution in [0.1, 0.15) is 31.0 Å². The summed E-state index contributed by atoms with van der Waals surface area (Å²) in [5.74, 6) is -0.192. The molecule has 0 aromatic carbocycles. The van der Waals surface area contributed by atoms with Crippen LogP contribution in [-0.4, -0.2) is 69.9 Å². The van der Waals surface area contributed by atoms with Gasteiger partial charge < -0.3 is 15.0 Å². The Morgan fingerprint density at radius 3 is 2.72 bits per heavy atom. The quantitative estimate of drug-likeness (QED) is 0.566. The summed E-state index contributed by atoms with van der Waals surface area (Å²) in [5, 5.41) is 13.8. The number of carbonyl (C=O) groups excluding carboxylic acids is 1. The number of carbonyl (C=O) groups is 2. The van der Waals surface area contributed by atoms with Gasteiger partial charge in [-0.25, -0.2) is 12.7 Å². The highest BCUT2D eigenvalue weighted by molar-refractivity contribution is 7.89. The number of piperidine rings is 1. The molecule has 174 valence electrons. The lowest BCUT2D eigenvalue weighted by Gasteiger charge is -2.46. The van der Waals surface area contributed by atoms with Crippen molar-refractivity contribution < 1.29 is 23.1 Å². The van der Waals surface area contributed by atoms with Crippen LogP contribution in [0.4, 0.5) is 0 Å². The minimum atomic E-state index is -3.32. The van der Waals surface area contributed by atoms with Gasteiger partial charge in [-0.2, -0.15) is 5.10 Å². The summed E-state index contributed by atoms with van der Waals surface area (Å²) in [4.78, 5) is 33.3. The first-order chi connectivity index (χ1) is 15.3. The largest absolute Gasteiger partial charge is 0.483 e. The highest BCUT2D eigenvalue weighted by Crippen LogP contribution is 2.41. The minimum absolute atomic E-state index is 0.0139. The predicted molar refractivity (Wildman–Crippen MR) is 116 cm³/mol. The Hall–Kier alpha value is -2.99. The molecule has 2 bridgehead atoms. The van der Waals surface area contributed by atoms with Crippen molar-refractivity contribution in [3.05, 3.63) is 52.7 Å². The minimum Gasteiger partial charge on any atom is -0.483 e. The summed E-state index contributed by atoms with van der Waals surface area (Å²) in [6.07, 6.45) is 4.12. The van der Waals surface area contributed by atoms with E-state index < -0.39 is 10.0 Å². The number of aromatic nitrogens is 3. The molecule has 4 heterocycles. The molecule has 0 aliphatic carbocycles. The molecule has 1 saturated heterocycles. The maximum Gasteiger partial charge on any atom is 0.290 e. The molecule has 0 radical (unpaired) electrons. The third kappa shape index (κ3) is 5.07. The molecular weight excluding hydrogens is 438 g/mol. The van der Waals surface area contributed by atoms with E-state index in [2.05, 4.69) is 10.4 Å². The molecule has 0 spiro atoms. The summed E-state index contributed by atoms with van der Waals surface area (Å²) in [5.41, 5.74) is 0.728. The predicted octanol–water partition coefficient (Wildman–Crippen LogP) is -0.128. The van der Waals surface area contributed by atoms with Gasteiger partial charge in [-0.05, 0) is 31.4 Å². The molecule has 2 aromatic rings. The van der Waals surface area contributed by atoms with Gasteiger partial charge in [-0.1, -0.05) is 6.07 Å². The maximum absolute atomic E-state index is 12.6. The van der Waals surface area contributed by atoms with Gasteiger partial charge in [0.1, 0.15) is 6.54 Å².